The smallest absolute Gasteiger partial charge is 0.309 e. The number of carboxylic acids is 1. The van der Waals surface area contributed by atoms with Crippen LogP contribution in [0.1, 0.15) is 152 Å². The molecule has 8 unspecified atom stereocenters. The highest BCUT2D eigenvalue weighted by Gasteiger charge is 2.69. The number of ether oxygens (including phenoxy) is 1. The Morgan fingerprint density at radius 2 is 1.49 bits per heavy atom. The summed E-state index contributed by atoms with van der Waals surface area (Å²) in [5.41, 5.74) is 2.47. The molecule has 6 nitrogen and oxygen atoms in total. The van der Waals surface area contributed by atoms with Crippen LogP contribution < -0.4 is 5.32 Å². The maximum atomic E-state index is 14.0. The van der Waals surface area contributed by atoms with Crippen LogP contribution in [0.5, 0.6) is 0 Å². The predicted molar refractivity (Wildman–Crippen MR) is 209 cm³/mol. The number of nitrogens with one attached hydrogen (secondary N) is 1. The van der Waals surface area contributed by atoms with E-state index in [9.17, 15) is 23.9 Å². The van der Waals surface area contributed by atoms with E-state index in [-0.39, 0.29) is 51.3 Å². The minimum atomic E-state index is -1.15. The maximum absolute atomic E-state index is 14.0. The lowest BCUT2D eigenvalue weighted by Gasteiger charge is -2.71. The van der Waals surface area contributed by atoms with Gasteiger partial charge < -0.3 is 15.2 Å². The molecule has 5 aliphatic carbocycles. The average Bonchev–Trinajstić information content (AvgIpc) is 3.39. The molecule has 0 aliphatic heterocycles. The molecule has 1 aromatic carbocycles. The third-order valence-electron chi connectivity index (χ3n) is 15.7. The Labute approximate surface area is 319 Å². The van der Waals surface area contributed by atoms with Gasteiger partial charge in [0.2, 0.25) is 0 Å². The number of hydrogen-bond acceptors (Lipinski definition) is 5. The molecule has 2 N–H and O–H groups in total. The van der Waals surface area contributed by atoms with Gasteiger partial charge in [-0.2, -0.15) is 0 Å². The Kier molecular flexibility index (Phi) is 11.7. The standard InChI is InChI=1S/C44H64FNO5.C2H6/c1-27(2)36-30(47)24-44(22-23-46-26-28-10-12-29(45)13-11-28)21-16-33-42(8)18-14-31-40(5,6)34(51-35(48)25-39(3,4)38(49)50)17-20-41(31,7)32(42)15-19-43(33,9)37(36)44;1-2/h10-13,27,31-34,46H,14-26H2,1-9H3,(H,49,50);1-2H3. The molecule has 53 heavy (non-hydrogen) atoms. The highest BCUT2D eigenvalue weighted by Crippen LogP contribution is 2.76. The molecular formula is C46H70FNO5. The summed E-state index contributed by atoms with van der Waals surface area (Å²) in [4.78, 5) is 38.8. The number of hydrogen-bond donors (Lipinski definition) is 2. The predicted octanol–water partition coefficient (Wildman–Crippen LogP) is 10.7. The van der Waals surface area contributed by atoms with Crippen LogP contribution in [-0.4, -0.2) is 35.5 Å². The second-order valence-electron chi connectivity index (χ2n) is 19.8. The van der Waals surface area contributed by atoms with Crippen LogP contribution in [0.4, 0.5) is 4.39 Å². The number of rotatable bonds is 10. The molecule has 7 heteroatoms. The number of fused-ring (bicyclic) bond motifs is 7. The summed E-state index contributed by atoms with van der Waals surface area (Å²) >= 11 is 0. The highest BCUT2D eigenvalue weighted by atomic mass is 19.1. The zero-order chi connectivity index (χ0) is 39.4. The summed E-state index contributed by atoms with van der Waals surface area (Å²) in [5, 5.41) is 13.2. The van der Waals surface area contributed by atoms with Gasteiger partial charge in [0.05, 0.1) is 11.8 Å². The Hall–Kier alpha value is -2.54. The largest absolute Gasteiger partial charge is 0.481 e. The van der Waals surface area contributed by atoms with E-state index < -0.39 is 17.4 Å². The van der Waals surface area contributed by atoms with Crippen molar-refractivity contribution in [3.05, 3.63) is 46.8 Å². The number of halogens is 1. The fourth-order valence-corrected chi connectivity index (χ4v) is 13.4. The fraction of sp³-hybridized carbons (Fsp3) is 0.761. The molecule has 1 aromatic rings. The summed E-state index contributed by atoms with van der Waals surface area (Å²) in [6.07, 6.45) is 9.73. The van der Waals surface area contributed by atoms with E-state index in [1.54, 1.807) is 13.8 Å². The monoisotopic (exact) mass is 736 g/mol. The van der Waals surface area contributed by atoms with Gasteiger partial charge >= 0.3 is 11.9 Å². The third kappa shape index (κ3) is 7.08. The van der Waals surface area contributed by atoms with Crippen LogP contribution in [0.2, 0.25) is 0 Å². The van der Waals surface area contributed by atoms with E-state index in [1.807, 2.05) is 26.0 Å². The molecule has 0 heterocycles. The molecule has 0 bridgehead atoms. The lowest BCUT2D eigenvalue weighted by Crippen LogP contribution is -2.64. The van der Waals surface area contributed by atoms with E-state index >= 15 is 0 Å². The van der Waals surface area contributed by atoms with Gasteiger partial charge in [-0.25, -0.2) is 4.39 Å². The molecular weight excluding hydrogens is 666 g/mol. The number of ketones is 1. The van der Waals surface area contributed by atoms with Crippen LogP contribution in [-0.2, 0) is 25.7 Å². The molecule has 296 valence electrons. The van der Waals surface area contributed by atoms with Gasteiger partial charge in [-0.05, 0) is 141 Å². The number of carbonyl (C=O) groups excluding carboxylic acids is 2. The van der Waals surface area contributed by atoms with Gasteiger partial charge in [0.25, 0.3) is 0 Å². The normalized spacial score (nSPS) is 36.1. The van der Waals surface area contributed by atoms with Crippen molar-refractivity contribution in [3.63, 3.8) is 0 Å². The molecule has 8 atom stereocenters. The first kappa shape index (κ1) is 41.6. The van der Waals surface area contributed by atoms with Crippen molar-refractivity contribution in [2.45, 2.75) is 159 Å². The fourth-order valence-electron chi connectivity index (χ4n) is 13.4. The number of Topliss-reactive ketones (excluding diaryl/α,β-unsaturated/α-hetero) is 1. The first-order chi connectivity index (χ1) is 24.7. The van der Waals surface area contributed by atoms with Crippen molar-refractivity contribution < 1.29 is 28.6 Å². The van der Waals surface area contributed by atoms with Gasteiger partial charge in [-0.15, -0.1) is 0 Å². The lowest BCUT2D eigenvalue weighted by molar-refractivity contribution is -0.222. The van der Waals surface area contributed by atoms with Crippen LogP contribution >= 0.6 is 0 Å². The number of esters is 1. The Balaban J connectivity index is 0.00000266. The van der Waals surface area contributed by atoms with Crippen LogP contribution in [0, 0.1) is 62.0 Å². The van der Waals surface area contributed by atoms with E-state index in [4.69, 9.17) is 4.74 Å². The van der Waals surface area contributed by atoms with E-state index in [0.717, 1.165) is 75.5 Å². The summed E-state index contributed by atoms with van der Waals surface area (Å²) in [6.45, 7) is 25.4. The van der Waals surface area contributed by atoms with Gasteiger partial charge in [-0.3, -0.25) is 14.4 Å². The topological polar surface area (TPSA) is 92.7 Å². The van der Waals surface area contributed by atoms with Crippen LogP contribution in [0.25, 0.3) is 0 Å². The maximum Gasteiger partial charge on any atom is 0.309 e. The SMILES string of the molecule is CC.CC(C)C1=C2C(CCNCc3ccc(F)cc3)(CCC3C2(C)CCC2C3(C)CCC3C(C)(C)C(OC(=O)CC(C)(C)C(=O)O)CCC32C)CC1=O. The highest BCUT2D eigenvalue weighted by molar-refractivity contribution is 6.00. The van der Waals surface area contributed by atoms with Crippen molar-refractivity contribution in [1.82, 2.24) is 5.32 Å². The number of carbonyl (C=O) groups is 3. The zero-order valence-electron chi connectivity index (χ0n) is 34.8. The number of aliphatic carboxylic acids is 1. The van der Waals surface area contributed by atoms with Gasteiger partial charge in [0.15, 0.2) is 5.78 Å². The number of allylic oxidation sites excluding steroid dienone is 2. The van der Waals surface area contributed by atoms with Crippen LogP contribution in [0.15, 0.2) is 35.4 Å². The van der Waals surface area contributed by atoms with Gasteiger partial charge in [-0.1, -0.05) is 80.0 Å². The lowest BCUT2D eigenvalue weighted by atomic mass is 9.34. The molecule has 5 aliphatic rings. The van der Waals surface area contributed by atoms with Crippen molar-refractivity contribution in [2.75, 3.05) is 6.54 Å². The van der Waals surface area contributed by atoms with Gasteiger partial charge in [0.1, 0.15) is 11.9 Å². The molecule has 0 radical (unpaired) electrons. The molecule has 4 fully saturated rings. The molecule has 0 spiro atoms. The van der Waals surface area contributed by atoms with E-state index in [0.29, 0.717) is 36.5 Å². The molecule has 4 saturated carbocycles. The summed E-state index contributed by atoms with van der Waals surface area (Å²) < 4.78 is 19.6. The first-order valence-corrected chi connectivity index (χ1v) is 20.9. The average molecular weight is 736 g/mol. The summed E-state index contributed by atoms with van der Waals surface area (Å²) in [7, 11) is 0. The second kappa shape index (κ2) is 14.8. The Morgan fingerprint density at radius 1 is 0.906 bits per heavy atom. The van der Waals surface area contributed by atoms with Crippen LogP contribution in [0.3, 0.4) is 0 Å². The number of benzene rings is 1. The third-order valence-corrected chi connectivity index (χ3v) is 15.7. The summed E-state index contributed by atoms with van der Waals surface area (Å²) in [5.74, 6) is 0.421. The van der Waals surface area contributed by atoms with Crippen molar-refractivity contribution in [1.29, 1.82) is 0 Å². The van der Waals surface area contributed by atoms with Crippen molar-refractivity contribution in [2.24, 2.45) is 56.2 Å². The number of carboxylic acid groups (broad SMARTS) is 1. The molecule has 0 saturated heterocycles. The van der Waals surface area contributed by atoms with Crippen molar-refractivity contribution >= 4 is 17.7 Å². The second-order valence-corrected chi connectivity index (χ2v) is 19.8. The molecule has 6 rings (SSSR count). The molecule has 0 aromatic heterocycles. The quantitative estimate of drug-likeness (QED) is 0.184. The first-order valence-electron chi connectivity index (χ1n) is 20.9. The minimum absolute atomic E-state index is 0.0192. The Bertz CT molecular complexity index is 1580. The Morgan fingerprint density at radius 3 is 2.11 bits per heavy atom. The summed E-state index contributed by atoms with van der Waals surface area (Å²) in [6, 6.07) is 6.71. The zero-order valence-corrected chi connectivity index (χ0v) is 34.8. The minimum Gasteiger partial charge on any atom is -0.481 e. The molecule has 0 amide bonds. The van der Waals surface area contributed by atoms with Gasteiger partial charge in [0, 0.05) is 23.8 Å². The van der Waals surface area contributed by atoms with E-state index in [2.05, 4.69) is 53.8 Å². The van der Waals surface area contributed by atoms with Crippen molar-refractivity contribution in [3.8, 4) is 0 Å². The van der Waals surface area contributed by atoms with E-state index in [1.165, 1.54) is 17.7 Å².